The summed E-state index contributed by atoms with van der Waals surface area (Å²) in [6, 6.07) is 16.1. The molecule has 0 radical (unpaired) electrons. The molecule has 4 aromatic carbocycles. The van der Waals surface area contributed by atoms with Crippen LogP contribution in [0, 0.1) is 51.0 Å². The molecule has 20 rings (SSSR count). The second-order valence-corrected chi connectivity index (χ2v) is 34.4. The van der Waals surface area contributed by atoms with Gasteiger partial charge in [-0.05, 0) is 171 Å². The minimum atomic E-state index is -1.25. The zero-order valence-electron chi connectivity index (χ0n) is 66.5. The molecule has 0 spiro atoms. The van der Waals surface area contributed by atoms with E-state index < -0.39 is 115 Å². The van der Waals surface area contributed by atoms with Crippen LogP contribution in [0.3, 0.4) is 0 Å². The molecular weight excluding hydrogens is 1670 g/mol. The number of nitrogens with one attached hydrogen (secondary N) is 4. The van der Waals surface area contributed by atoms with Gasteiger partial charge in [0.15, 0.2) is 23.3 Å². The van der Waals surface area contributed by atoms with E-state index >= 15 is 0 Å². The molecule has 4 aliphatic carbocycles. The molecule has 16 N–H and O–H groups in total. The first-order valence-electron chi connectivity index (χ1n) is 40.6. The lowest BCUT2D eigenvalue weighted by Crippen LogP contribution is -2.35. The fraction of sp³-hybridized carbons (Fsp3) is 0.414. The number of ether oxygens (including phenoxy) is 4. The number of benzene rings is 4. The molecule has 16 atom stereocenters. The third kappa shape index (κ3) is 16.0. The minimum absolute atomic E-state index is 0.163. The number of aromatic nitrogens is 9. The lowest BCUT2D eigenvalue weighted by Gasteiger charge is -2.25. The van der Waals surface area contributed by atoms with Crippen molar-refractivity contribution in [2.75, 3.05) is 37.6 Å². The predicted octanol–water partition coefficient (Wildman–Crippen LogP) is 9.60. The fourth-order valence-corrected chi connectivity index (χ4v) is 19.9. The van der Waals surface area contributed by atoms with Gasteiger partial charge in [0, 0.05) is 156 Å². The summed E-state index contributed by atoms with van der Waals surface area (Å²) in [5.41, 5.74) is 25.9. The third-order valence-corrected chi connectivity index (χ3v) is 26.0. The van der Waals surface area contributed by atoms with Crippen molar-refractivity contribution in [3.8, 4) is 23.0 Å². The normalized spacial score (nSPS) is 26.0. The zero-order valence-corrected chi connectivity index (χ0v) is 69.6. The number of nitrogens with two attached hydrogens (primary N) is 2. The van der Waals surface area contributed by atoms with Crippen LogP contribution in [0.2, 0.25) is 10.0 Å². The van der Waals surface area contributed by atoms with E-state index in [4.69, 9.17) is 53.6 Å². The van der Waals surface area contributed by atoms with E-state index in [1.807, 2.05) is 49.7 Å². The molecule has 12 heterocycles. The van der Waals surface area contributed by atoms with Crippen molar-refractivity contribution in [1.82, 2.24) is 64.5 Å². The summed E-state index contributed by atoms with van der Waals surface area (Å²) in [5.74, 6) is 0.117. The largest absolute Gasteiger partial charge is 0.487 e. The summed E-state index contributed by atoms with van der Waals surface area (Å²) >= 11 is 16.2. The molecule has 34 heteroatoms. The Morgan fingerprint density at radius 2 is 0.835 bits per heavy atom. The number of anilines is 2. The fourth-order valence-electron chi connectivity index (χ4n) is 18.7. The van der Waals surface area contributed by atoms with Gasteiger partial charge >= 0.3 is 0 Å². The number of hydrogen-bond acceptors (Lipinski definition) is 23. The minimum Gasteiger partial charge on any atom is -0.487 e. The predicted molar refractivity (Wildman–Crippen MR) is 450 cm³/mol. The Morgan fingerprint density at radius 1 is 0.430 bits per heavy atom. The summed E-state index contributed by atoms with van der Waals surface area (Å²) in [6.45, 7) is 13.4. The second kappa shape index (κ2) is 34.4. The van der Waals surface area contributed by atoms with E-state index in [0.717, 1.165) is 112 Å². The van der Waals surface area contributed by atoms with Crippen LogP contribution in [0.15, 0.2) is 115 Å². The van der Waals surface area contributed by atoms with Crippen molar-refractivity contribution in [3.63, 3.8) is 0 Å². The highest BCUT2D eigenvalue weighted by Crippen LogP contribution is 2.46. The van der Waals surface area contributed by atoms with Crippen molar-refractivity contribution in [3.05, 3.63) is 215 Å². The lowest BCUT2D eigenvalue weighted by molar-refractivity contribution is -0.0167. The summed E-state index contributed by atoms with van der Waals surface area (Å²) in [5, 5.41) is 102. The Hall–Kier alpha value is -9.33. The van der Waals surface area contributed by atoms with Crippen molar-refractivity contribution < 1.29 is 77.4 Å². The van der Waals surface area contributed by atoms with E-state index in [0.29, 0.717) is 129 Å². The first-order chi connectivity index (χ1) is 58.2. The molecule has 0 amide bonds. The maximum Gasteiger partial charge on any atom is 0.162 e. The molecule has 638 valence electrons. The summed E-state index contributed by atoms with van der Waals surface area (Å²) < 4.78 is 89.6. The van der Waals surface area contributed by atoms with Crippen LogP contribution in [0.4, 0.5) is 28.9 Å². The summed E-state index contributed by atoms with van der Waals surface area (Å²) in [7, 11) is 0. The maximum absolute atomic E-state index is 14.6. The molecule has 4 aliphatic heterocycles. The van der Waals surface area contributed by atoms with Crippen molar-refractivity contribution in [2.45, 2.75) is 203 Å². The number of hydrogen-bond donors (Lipinski definition) is 14. The molecule has 12 aromatic rings. The molecule has 121 heavy (non-hydrogen) atoms. The number of fused-ring (bicyclic) bond motifs is 8. The Balaban J connectivity index is 0.000000115. The number of nitrogen functional groups attached to an aromatic ring is 2. The van der Waals surface area contributed by atoms with Gasteiger partial charge in [-0.25, -0.2) is 42.5 Å². The van der Waals surface area contributed by atoms with Gasteiger partial charge in [-0.3, -0.25) is 0 Å². The van der Waals surface area contributed by atoms with E-state index in [2.05, 4.69) is 74.2 Å². The summed E-state index contributed by atoms with van der Waals surface area (Å²) in [4.78, 5) is 21.5. The molecule has 8 aliphatic rings. The quantitative estimate of drug-likeness (QED) is 0.0506. The molecule has 4 saturated carbocycles. The topological polar surface area (TPSA) is 383 Å². The van der Waals surface area contributed by atoms with Crippen LogP contribution in [-0.2, 0) is 51.9 Å². The highest BCUT2D eigenvalue weighted by molar-refractivity contribution is 9.10. The van der Waals surface area contributed by atoms with Crippen LogP contribution >= 0.6 is 39.1 Å². The van der Waals surface area contributed by atoms with E-state index in [1.54, 1.807) is 63.5 Å². The Bertz CT molecular complexity index is 5640. The van der Waals surface area contributed by atoms with Gasteiger partial charge in [0.25, 0.3) is 0 Å². The number of aryl methyl sites for hydroxylation is 4. The number of rotatable bonds is 12. The molecule has 8 aromatic heterocycles. The van der Waals surface area contributed by atoms with Crippen molar-refractivity contribution in [1.29, 1.82) is 0 Å². The van der Waals surface area contributed by atoms with Gasteiger partial charge in [-0.1, -0.05) is 35.3 Å². The molecule has 0 bridgehead atoms. The van der Waals surface area contributed by atoms with Crippen LogP contribution in [-0.4, -0.2) is 183 Å². The van der Waals surface area contributed by atoms with Crippen molar-refractivity contribution >= 4 is 94.6 Å². The van der Waals surface area contributed by atoms with Crippen LogP contribution < -0.4 is 51.7 Å². The van der Waals surface area contributed by atoms with Gasteiger partial charge in [0.1, 0.15) is 125 Å². The van der Waals surface area contributed by atoms with Crippen LogP contribution in [0.5, 0.6) is 23.0 Å². The van der Waals surface area contributed by atoms with E-state index in [-0.39, 0.29) is 23.6 Å². The number of aliphatic hydroxyl groups is 8. The smallest absolute Gasteiger partial charge is 0.162 e. The maximum atomic E-state index is 14.6. The molecule has 27 nitrogen and oxygen atoms in total. The molecule has 0 saturated heterocycles. The highest BCUT2D eigenvalue weighted by Gasteiger charge is 2.50. The van der Waals surface area contributed by atoms with Gasteiger partial charge in [-0.15, -0.1) is 0 Å². The van der Waals surface area contributed by atoms with Gasteiger partial charge in [-0.2, -0.15) is 0 Å². The summed E-state index contributed by atoms with van der Waals surface area (Å²) in [6.07, 6.45) is 5.37. The van der Waals surface area contributed by atoms with Crippen molar-refractivity contribution in [2.24, 2.45) is 0 Å². The average Bonchev–Trinajstić information content (AvgIpc) is 1.62. The first-order valence-corrected chi connectivity index (χ1v) is 42.1. The first kappa shape index (κ1) is 83.9. The van der Waals surface area contributed by atoms with Crippen LogP contribution in [0.1, 0.15) is 117 Å². The molecule has 0 unspecified atom stereocenters. The van der Waals surface area contributed by atoms with E-state index in [9.17, 15) is 58.4 Å². The zero-order chi connectivity index (χ0) is 84.8. The number of pyridine rings is 3. The molecular formula is C87H94BrCl2F4N15O12. The second-order valence-electron chi connectivity index (χ2n) is 32.7. The Morgan fingerprint density at radius 3 is 1.35 bits per heavy atom. The number of aliphatic hydroxyl groups excluding tert-OH is 8. The van der Waals surface area contributed by atoms with Crippen LogP contribution in [0.25, 0.3) is 44.1 Å². The number of halogens is 7. The monoisotopic (exact) mass is 1770 g/mol. The van der Waals surface area contributed by atoms with Gasteiger partial charge in [0.2, 0.25) is 0 Å². The number of nitrogens with zero attached hydrogens (tertiary/aromatic N) is 9. The SMILES string of the molecule is Cc1cc2c(c(O[C@H]3C[C@@H](n4cc(F)c5c(C)ccnc54)[C@H](O)[C@@H]3O)c1)CNCC2.Cc1cc2c(c(O[C@H]3C[C@@H](n4cc(F)c5cnc(C)nc54)[C@H](O)[C@@H]3O)c1)CNCC2.Nc1ccnc2c1c(Br)cn2[C@@H]1C[C@H](Oc2cc(Cl)cc3c2CNCC3)[C@@H](O)[C@H]1O.Nc1ccnc2c1c(Cl)cn2[C@@H]1C[C@H](Oc2cc(F)c(F)c3c2CNCC3)[C@@H](O)[C@H]1O. The standard InChI is InChI=1S/C23H26FN3O3.C22H25FN4O3.C21H22BrClN4O3.C21H21ClF2N4O3/c1-12-7-14-4-5-25-10-15(14)18(8-12)30-19-9-17(21(28)22(19)29)27-11-16(24)20-13(2)3-6-26-23(20)27;1-11-5-13-3-4-24-8-14(13)18(6-11)30-19-7-17(20(28)21(19)29)27-10-16(23)15-9-25-12(2)26-22(15)27;22-13-9-27(21-18(13)14(24)2-4-26-21)15-7-17(20(29)19(15)28)30-16-6-11(23)5-10-1-3-25-8-12(10)16;22-11-8-28(21-17(11)13(25)2-4-27-21)14-6-16(20(30)19(14)29)31-15-5-12(23)18(24)9-1-3-26-7-10(9)15/h3,6-8,11,17,19,21-22,25,28-29H,4-5,9-10H2,1-2H3;5-6,9-10,17,19-21,24,28-29H,3-4,7-8H2,1-2H3;2,4-6,9,15,17,19-20,25,28-29H,1,3,7-8H2,(H2,24,26);2,4-5,8,14,16,19-20,26,29-30H,1,3,6-7H2,(H2,25,27)/t17-,19+,21+,22-;17-,19+,20+,21-;15-,17+,19+,20-;14-,16+,19+,20-/m1111/s1. The molecule has 4 fully saturated rings. The highest BCUT2D eigenvalue weighted by atomic mass is 79.9. The van der Waals surface area contributed by atoms with E-state index in [1.165, 1.54) is 35.9 Å². The van der Waals surface area contributed by atoms with Gasteiger partial charge < -0.3 is 111 Å². The third-order valence-electron chi connectivity index (χ3n) is 24.9. The lowest BCUT2D eigenvalue weighted by atomic mass is 9.97. The Labute approximate surface area is 710 Å². The van der Waals surface area contributed by atoms with Gasteiger partial charge in [0.05, 0.1) is 50.7 Å². The Kier molecular flexibility index (Phi) is 23.9. The average molecular weight is 1770 g/mol.